The molecule has 5 nitrogen and oxygen atoms in total. The van der Waals surface area contributed by atoms with Gasteiger partial charge in [0.2, 0.25) is 0 Å². The Bertz CT molecular complexity index is 261. The first-order chi connectivity index (χ1) is 8.87. The largest absolute Gasteiger partial charge is 0.480 e. The molecule has 19 heavy (non-hydrogen) atoms. The van der Waals surface area contributed by atoms with Gasteiger partial charge in [-0.3, -0.25) is 4.79 Å². The molecule has 0 amide bonds. The van der Waals surface area contributed by atoms with Gasteiger partial charge in [-0.05, 0) is 46.7 Å². The van der Waals surface area contributed by atoms with Crippen molar-refractivity contribution < 1.29 is 14.6 Å². The van der Waals surface area contributed by atoms with Crippen molar-refractivity contribution >= 4 is 5.97 Å². The number of aliphatic carboxylic acids is 1. The van der Waals surface area contributed by atoms with E-state index in [1.807, 2.05) is 14.0 Å². The molecule has 0 radical (unpaired) electrons. The van der Waals surface area contributed by atoms with Crippen LogP contribution in [0.15, 0.2) is 0 Å². The number of nitrogens with zero attached hydrogens (tertiary/aromatic N) is 1. The van der Waals surface area contributed by atoms with E-state index in [4.69, 9.17) is 4.74 Å². The SMILES string of the molecule is CCCNC(C)(CC(C)N(C)CCCOC)C(=O)O. The molecule has 0 saturated carbocycles. The first-order valence-corrected chi connectivity index (χ1v) is 7.05. The fourth-order valence-electron chi connectivity index (χ4n) is 2.06. The van der Waals surface area contributed by atoms with Crippen molar-refractivity contribution in [2.75, 3.05) is 33.9 Å². The van der Waals surface area contributed by atoms with Gasteiger partial charge in [0.05, 0.1) is 0 Å². The summed E-state index contributed by atoms with van der Waals surface area (Å²) < 4.78 is 5.03. The molecule has 0 aromatic heterocycles. The molecule has 0 aliphatic heterocycles. The van der Waals surface area contributed by atoms with Gasteiger partial charge >= 0.3 is 5.97 Å². The third-order valence-electron chi connectivity index (χ3n) is 3.55. The molecule has 0 rings (SSSR count). The van der Waals surface area contributed by atoms with Gasteiger partial charge < -0.3 is 20.1 Å². The second kappa shape index (κ2) is 9.28. The van der Waals surface area contributed by atoms with Crippen LogP contribution in [0.5, 0.6) is 0 Å². The Kier molecular flexibility index (Phi) is 8.97. The Morgan fingerprint density at radius 3 is 2.63 bits per heavy atom. The molecular formula is C14H30N2O3. The van der Waals surface area contributed by atoms with Crippen molar-refractivity contribution in [2.45, 2.75) is 51.6 Å². The zero-order valence-corrected chi connectivity index (χ0v) is 13.0. The molecule has 2 unspecified atom stereocenters. The molecule has 0 fully saturated rings. The molecule has 114 valence electrons. The van der Waals surface area contributed by atoms with Crippen LogP contribution in [0.25, 0.3) is 0 Å². The Morgan fingerprint density at radius 2 is 2.16 bits per heavy atom. The molecule has 0 aliphatic rings. The maximum absolute atomic E-state index is 11.4. The van der Waals surface area contributed by atoms with Crippen molar-refractivity contribution in [1.82, 2.24) is 10.2 Å². The summed E-state index contributed by atoms with van der Waals surface area (Å²) >= 11 is 0. The third-order valence-corrected chi connectivity index (χ3v) is 3.55. The molecule has 0 aliphatic carbocycles. The monoisotopic (exact) mass is 274 g/mol. The van der Waals surface area contributed by atoms with Gasteiger partial charge in [-0.1, -0.05) is 6.92 Å². The van der Waals surface area contributed by atoms with Gasteiger partial charge in [-0.15, -0.1) is 0 Å². The molecule has 0 heterocycles. The minimum absolute atomic E-state index is 0.210. The van der Waals surface area contributed by atoms with Crippen LogP contribution in [0.4, 0.5) is 0 Å². The van der Waals surface area contributed by atoms with E-state index in [2.05, 4.69) is 17.1 Å². The topological polar surface area (TPSA) is 61.8 Å². The quantitative estimate of drug-likeness (QED) is 0.560. The van der Waals surface area contributed by atoms with E-state index >= 15 is 0 Å². The number of ether oxygens (including phenoxy) is 1. The normalized spacial score (nSPS) is 16.3. The maximum atomic E-state index is 11.4. The van der Waals surface area contributed by atoms with Gasteiger partial charge in [0.25, 0.3) is 0 Å². The highest BCUT2D eigenvalue weighted by atomic mass is 16.5. The lowest BCUT2D eigenvalue weighted by molar-refractivity contribution is -0.145. The standard InChI is InChI=1S/C14H30N2O3/c1-6-8-15-14(3,13(17)18)11-12(2)16(4)9-7-10-19-5/h12,15H,6-11H2,1-5H3,(H,17,18). The molecule has 0 aromatic carbocycles. The number of hydrogen-bond acceptors (Lipinski definition) is 4. The summed E-state index contributed by atoms with van der Waals surface area (Å²) in [5.41, 5.74) is -0.856. The number of hydrogen-bond donors (Lipinski definition) is 2. The number of rotatable bonds is 11. The van der Waals surface area contributed by atoms with E-state index in [0.29, 0.717) is 6.42 Å². The van der Waals surface area contributed by atoms with Crippen molar-refractivity contribution in [2.24, 2.45) is 0 Å². The lowest BCUT2D eigenvalue weighted by atomic mass is 9.92. The minimum Gasteiger partial charge on any atom is -0.480 e. The summed E-state index contributed by atoms with van der Waals surface area (Å²) in [5.74, 6) is -0.780. The van der Waals surface area contributed by atoms with Gasteiger partial charge in [-0.25, -0.2) is 0 Å². The molecule has 2 atom stereocenters. The third kappa shape index (κ3) is 6.89. The smallest absolute Gasteiger partial charge is 0.323 e. The Labute approximate surface area is 117 Å². The van der Waals surface area contributed by atoms with Crippen molar-refractivity contribution in [3.8, 4) is 0 Å². The molecule has 0 spiro atoms. The first-order valence-electron chi connectivity index (χ1n) is 7.05. The lowest BCUT2D eigenvalue weighted by Gasteiger charge is -2.33. The highest BCUT2D eigenvalue weighted by Crippen LogP contribution is 2.16. The predicted molar refractivity (Wildman–Crippen MR) is 77.5 cm³/mol. The predicted octanol–water partition coefficient (Wildman–Crippen LogP) is 1.58. The fourth-order valence-corrected chi connectivity index (χ4v) is 2.06. The number of carboxylic acid groups (broad SMARTS) is 1. The summed E-state index contributed by atoms with van der Waals surface area (Å²) in [5, 5.41) is 12.6. The highest BCUT2D eigenvalue weighted by molar-refractivity contribution is 5.78. The summed E-state index contributed by atoms with van der Waals surface area (Å²) in [6, 6.07) is 0.210. The van der Waals surface area contributed by atoms with Gasteiger partial charge in [0.15, 0.2) is 0 Å². The van der Waals surface area contributed by atoms with Crippen LogP contribution in [0, 0.1) is 0 Å². The van der Waals surface area contributed by atoms with E-state index in [9.17, 15) is 9.90 Å². The van der Waals surface area contributed by atoms with Crippen LogP contribution in [-0.4, -0.2) is 61.4 Å². The van der Waals surface area contributed by atoms with Crippen LogP contribution < -0.4 is 5.32 Å². The van der Waals surface area contributed by atoms with Gasteiger partial charge in [0.1, 0.15) is 5.54 Å². The van der Waals surface area contributed by atoms with Crippen LogP contribution in [-0.2, 0) is 9.53 Å². The molecule has 0 aromatic rings. The number of carboxylic acids is 1. The summed E-state index contributed by atoms with van der Waals surface area (Å²) in [6.07, 6.45) is 2.48. The fraction of sp³-hybridized carbons (Fsp3) is 0.929. The molecule has 5 heteroatoms. The number of methoxy groups -OCH3 is 1. The van der Waals surface area contributed by atoms with E-state index in [1.54, 1.807) is 14.0 Å². The lowest BCUT2D eigenvalue weighted by Crippen LogP contribution is -2.53. The second-order valence-electron chi connectivity index (χ2n) is 5.44. The summed E-state index contributed by atoms with van der Waals surface area (Å²) in [6.45, 7) is 8.25. The zero-order valence-electron chi connectivity index (χ0n) is 13.0. The van der Waals surface area contributed by atoms with Crippen molar-refractivity contribution in [3.05, 3.63) is 0 Å². The van der Waals surface area contributed by atoms with Crippen LogP contribution in [0.1, 0.15) is 40.0 Å². The second-order valence-corrected chi connectivity index (χ2v) is 5.44. The maximum Gasteiger partial charge on any atom is 0.323 e. The van der Waals surface area contributed by atoms with Gasteiger partial charge in [0, 0.05) is 26.3 Å². The average molecular weight is 274 g/mol. The molecular weight excluding hydrogens is 244 g/mol. The number of nitrogens with one attached hydrogen (secondary N) is 1. The van der Waals surface area contributed by atoms with E-state index in [-0.39, 0.29) is 6.04 Å². The van der Waals surface area contributed by atoms with Crippen LogP contribution >= 0.6 is 0 Å². The minimum atomic E-state index is -0.856. The Balaban J connectivity index is 4.36. The molecule has 2 N–H and O–H groups in total. The zero-order chi connectivity index (χ0) is 14.9. The summed E-state index contributed by atoms with van der Waals surface area (Å²) in [7, 11) is 3.72. The Morgan fingerprint density at radius 1 is 1.53 bits per heavy atom. The van der Waals surface area contributed by atoms with E-state index in [1.165, 1.54) is 0 Å². The summed E-state index contributed by atoms with van der Waals surface area (Å²) in [4.78, 5) is 13.6. The van der Waals surface area contributed by atoms with Crippen LogP contribution in [0.3, 0.4) is 0 Å². The van der Waals surface area contributed by atoms with E-state index in [0.717, 1.165) is 32.5 Å². The number of carbonyl (C=O) groups is 1. The van der Waals surface area contributed by atoms with Crippen molar-refractivity contribution in [3.63, 3.8) is 0 Å². The first kappa shape index (κ1) is 18.4. The Hall–Kier alpha value is -0.650. The highest BCUT2D eigenvalue weighted by Gasteiger charge is 2.34. The van der Waals surface area contributed by atoms with Gasteiger partial charge in [-0.2, -0.15) is 0 Å². The average Bonchev–Trinajstić information content (AvgIpc) is 2.36. The molecule has 0 saturated heterocycles. The molecule has 0 bridgehead atoms. The van der Waals surface area contributed by atoms with Crippen LogP contribution in [0.2, 0.25) is 0 Å². The van der Waals surface area contributed by atoms with E-state index < -0.39 is 11.5 Å². The van der Waals surface area contributed by atoms with Crippen molar-refractivity contribution in [1.29, 1.82) is 0 Å².